The molecule has 1 amide bonds. The molecule has 50 heavy (non-hydrogen) atoms. The van der Waals surface area contributed by atoms with E-state index in [1.54, 1.807) is 18.4 Å². The molecule has 8 rings (SSSR count). The monoisotopic (exact) mass is 695 g/mol. The van der Waals surface area contributed by atoms with Gasteiger partial charge in [-0.15, -0.1) is 11.3 Å². The molecule has 4 bridgehead atoms. The number of hydrogen-bond donors (Lipinski definition) is 3. The summed E-state index contributed by atoms with van der Waals surface area (Å²) in [5, 5.41) is 13.3. The molecule has 1 atom stereocenters. The number of carbonyl (C=O) groups is 1. The zero-order valence-corrected chi connectivity index (χ0v) is 31.0. The number of hydrogen-bond acceptors (Lipinski definition) is 8. The molecule has 2 heterocycles. The average Bonchev–Trinajstić information content (AvgIpc) is 3.58. The molecule has 3 N–H and O–H groups in total. The highest BCUT2D eigenvalue weighted by Gasteiger charge is 2.51. The highest BCUT2D eigenvalue weighted by Crippen LogP contribution is 2.61. The lowest BCUT2D eigenvalue weighted by atomic mass is 9.49. The number of benzene rings is 2. The number of fused-ring (bicyclic) bond motifs is 1. The molecule has 4 aromatic rings. The molecule has 4 aliphatic rings. The summed E-state index contributed by atoms with van der Waals surface area (Å²) in [6.07, 6.45) is 11.7. The van der Waals surface area contributed by atoms with Gasteiger partial charge in [-0.3, -0.25) is 4.79 Å². The van der Waals surface area contributed by atoms with Crippen molar-refractivity contribution >= 4 is 34.0 Å². The number of aromatic nitrogens is 2. The summed E-state index contributed by atoms with van der Waals surface area (Å²) in [6.45, 7) is 6.24. The first-order valence-electron chi connectivity index (χ1n) is 18.6. The molecule has 0 saturated heterocycles. The number of ether oxygens (including phenoxy) is 2. The summed E-state index contributed by atoms with van der Waals surface area (Å²) in [5.41, 5.74) is 4.89. The lowest BCUT2D eigenvalue weighted by Gasteiger charge is -2.56. The largest absolute Gasteiger partial charge is 0.493 e. The van der Waals surface area contributed by atoms with Crippen LogP contribution >= 0.6 is 11.3 Å². The lowest BCUT2D eigenvalue weighted by molar-refractivity contribution is -0.129. The van der Waals surface area contributed by atoms with E-state index in [1.165, 1.54) is 60.1 Å². The fourth-order valence-electron chi connectivity index (χ4n) is 9.50. The van der Waals surface area contributed by atoms with Gasteiger partial charge in [-0.2, -0.15) is 0 Å². The Morgan fingerprint density at radius 2 is 1.76 bits per heavy atom. The van der Waals surface area contributed by atoms with Crippen molar-refractivity contribution in [2.75, 3.05) is 32.6 Å². The smallest absolute Gasteiger partial charge is 0.220 e. The van der Waals surface area contributed by atoms with Crippen molar-refractivity contribution in [3.63, 3.8) is 0 Å². The predicted molar refractivity (Wildman–Crippen MR) is 203 cm³/mol. The molecule has 2 aromatic heterocycles. The molecule has 9 heteroatoms. The van der Waals surface area contributed by atoms with Crippen LogP contribution in [0.2, 0.25) is 0 Å². The Balaban J connectivity index is 0.914. The van der Waals surface area contributed by atoms with Crippen molar-refractivity contribution in [1.82, 2.24) is 20.6 Å². The van der Waals surface area contributed by atoms with E-state index in [0.29, 0.717) is 29.3 Å². The summed E-state index contributed by atoms with van der Waals surface area (Å²) in [7, 11) is 3.65. The van der Waals surface area contributed by atoms with E-state index in [2.05, 4.69) is 58.6 Å². The van der Waals surface area contributed by atoms with Crippen molar-refractivity contribution in [3.8, 4) is 22.6 Å². The fraction of sp³-hybridized carbons (Fsp3) is 0.537. The number of nitrogens with one attached hydrogen (secondary N) is 3. The quantitative estimate of drug-likeness (QED) is 0.101. The molecule has 4 fully saturated rings. The maximum atomic E-state index is 12.9. The Kier molecular flexibility index (Phi) is 10.6. The Morgan fingerprint density at radius 3 is 2.50 bits per heavy atom. The van der Waals surface area contributed by atoms with Gasteiger partial charge in [0.1, 0.15) is 11.6 Å². The van der Waals surface area contributed by atoms with E-state index in [9.17, 15) is 4.79 Å². The van der Waals surface area contributed by atoms with Gasteiger partial charge in [-0.1, -0.05) is 24.3 Å². The van der Waals surface area contributed by atoms with Crippen molar-refractivity contribution in [2.45, 2.75) is 90.6 Å². The molecular formula is C41H53N5O3S. The van der Waals surface area contributed by atoms with Crippen molar-refractivity contribution in [1.29, 1.82) is 0 Å². The Labute approximate surface area is 301 Å². The maximum absolute atomic E-state index is 12.9. The minimum Gasteiger partial charge on any atom is -0.493 e. The topological polar surface area (TPSA) is 97.4 Å². The molecule has 8 nitrogen and oxygen atoms in total. The number of rotatable bonds is 16. The lowest BCUT2D eigenvalue weighted by Crippen LogP contribution is -2.48. The third-order valence-electron chi connectivity index (χ3n) is 11.3. The van der Waals surface area contributed by atoms with Crippen molar-refractivity contribution in [3.05, 3.63) is 64.1 Å². The second kappa shape index (κ2) is 15.3. The zero-order chi connectivity index (χ0) is 34.7. The van der Waals surface area contributed by atoms with Crippen LogP contribution in [0.1, 0.15) is 93.4 Å². The Hall–Kier alpha value is -3.69. The van der Waals surface area contributed by atoms with Crippen LogP contribution in [0.3, 0.4) is 0 Å². The molecule has 266 valence electrons. The molecule has 0 aliphatic heterocycles. The molecule has 4 saturated carbocycles. The second-order valence-electron chi connectivity index (χ2n) is 15.3. The second-order valence-corrected chi connectivity index (χ2v) is 16.2. The molecule has 0 radical (unpaired) electrons. The summed E-state index contributed by atoms with van der Waals surface area (Å²) >= 11 is 1.76. The first-order chi connectivity index (χ1) is 24.3. The van der Waals surface area contributed by atoms with Gasteiger partial charge < -0.3 is 25.4 Å². The number of carbonyl (C=O) groups excluding carboxylic acids is 1. The Morgan fingerprint density at radius 1 is 1.00 bits per heavy atom. The van der Waals surface area contributed by atoms with Crippen LogP contribution in [0, 0.1) is 30.1 Å². The number of unbranched alkanes of at least 4 members (excludes halogenated alkanes) is 2. The van der Waals surface area contributed by atoms with E-state index in [4.69, 9.17) is 19.4 Å². The first-order valence-corrected chi connectivity index (χ1v) is 19.5. The summed E-state index contributed by atoms with van der Waals surface area (Å²) in [4.78, 5) is 23.6. The molecule has 4 aliphatic carbocycles. The first kappa shape index (κ1) is 34.7. The van der Waals surface area contributed by atoms with E-state index >= 15 is 0 Å². The number of methoxy groups -OCH3 is 1. The van der Waals surface area contributed by atoms with Gasteiger partial charge in [0.2, 0.25) is 5.91 Å². The standard InChI is InChI=1S/C41H53N5O3S/c1-26(38-17-32(25-50-38)33-11-7-6-10-31(33)24-42-3)44-40-34-18-36(48-4)37(19-35(34)45-27(2)46-40)49-13-9-5-8-12-43-39(47)23-41-20-28-14-29(21-41)16-30(15-28)22-41/h6-7,10-11,17-19,25-26,28-30,42H,5,8-9,12-16,20-24H2,1-4H3,(H,43,47)(H,44,45,46)/t26-,28?,29?,30?,41?/m1/s1. The average molecular weight is 696 g/mol. The van der Waals surface area contributed by atoms with Gasteiger partial charge >= 0.3 is 0 Å². The van der Waals surface area contributed by atoms with Gasteiger partial charge in [0, 0.05) is 35.8 Å². The van der Waals surface area contributed by atoms with Crippen LogP contribution in [-0.2, 0) is 11.3 Å². The van der Waals surface area contributed by atoms with Crippen LogP contribution < -0.4 is 25.4 Å². The van der Waals surface area contributed by atoms with Crippen LogP contribution in [0.25, 0.3) is 22.0 Å². The predicted octanol–water partition coefficient (Wildman–Crippen LogP) is 8.84. The number of nitrogens with zero attached hydrogens (tertiary/aromatic N) is 2. The summed E-state index contributed by atoms with van der Waals surface area (Å²) < 4.78 is 12.0. The van der Waals surface area contributed by atoms with Gasteiger partial charge in [0.25, 0.3) is 0 Å². The van der Waals surface area contributed by atoms with Gasteiger partial charge in [0.15, 0.2) is 11.5 Å². The highest BCUT2D eigenvalue weighted by molar-refractivity contribution is 7.10. The summed E-state index contributed by atoms with van der Waals surface area (Å²) in [5.74, 6) is 5.74. The van der Waals surface area contributed by atoms with E-state index < -0.39 is 0 Å². The van der Waals surface area contributed by atoms with Crippen molar-refractivity contribution < 1.29 is 14.3 Å². The highest BCUT2D eigenvalue weighted by atomic mass is 32.1. The zero-order valence-electron chi connectivity index (χ0n) is 30.1. The number of thiophene rings is 1. The third kappa shape index (κ3) is 7.79. The normalized spacial score (nSPS) is 22.8. The van der Waals surface area contributed by atoms with Crippen LogP contribution in [-0.4, -0.2) is 43.2 Å². The number of aryl methyl sites for hydroxylation is 1. The fourth-order valence-corrected chi connectivity index (χ4v) is 10.4. The molecule has 0 spiro atoms. The molecular weight excluding hydrogens is 643 g/mol. The third-order valence-corrected chi connectivity index (χ3v) is 12.4. The molecule has 2 aromatic carbocycles. The number of amides is 1. The van der Waals surface area contributed by atoms with Gasteiger partial charge in [-0.05, 0) is 136 Å². The van der Waals surface area contributed by atoms with Crippen LogP contribution in [0.5, 0.6) is 11.5 Å². The number of anilines is 1. The summed E-state index contributed by atoms with van der Waals surface area (Å²) in [6, 6.07) is 14.8. The maximum Gasteiger partial charge on any atom is 0.220 e. The van der Waals surface area contributed by atoms with Crippen LogP contribution in [0.15, 0.2) is 47.8 Å². The van der Waals surface area contributed by atoms with Crippen LogP contribution in [0.4, 0.5) is 5.82 Å². The van der Waals surface area contributed by atoms with E-state index in [-0.39, 0.29) is 11.9 Å². The van der Waals surface area contributed by atoms with Crippen molar-refractivity contribution in [2.24, 2.45) is 23.2 Å². The van der Waals surface area contributed by atoms with E-state index in [0.717, 1.165) is 73.2 Å². The SMILES string of the molecule is CNCc1ccccc1-c1csc([C@@H](C)Nc2nc(C)nc3cc(OCCCCCNC(=O)CC45CC6CC(CC(C6)C4)C5)c(OC)cc23)c1. The van der Waals surface area contributed by atoms with Gasteiger partial charge in [-0.25, -0.2) is 9.97 Å². The van der Waals surface area contributed by atoms with E-state index in [1.807, 2.05) is 26.1 Å². The minimum absolute atomic E-state index is 0.0477. The molecule has 0 unspecified atom stereocenters. The van der Waals surface area contributed by atoms with Gasteiger partial charge in [0.05, 0.1) is 25.3 Å². The minimum atomic E-state index is 0.0477. The Bertz CT molecular complexity index is 1770.